The summed E-state index contributed by atoms with van der Waals surface area (Å²) in [5, 5.41) is 2.77. The number of hydrogen-bond donors (Lipinski definition) is 1. The van der Waals surface area contributed by atoms with Gasteiger partial charge in [0.2, 0.25) is 11.8 Å². The van der Waals surface area contributed by atoms with Crippen LogP contribution in [0.3, 0.4) is 0 Å². The van der Waals surface area contributed by atoms with Gasteiger partial charge in [-0.05, 0) is 29.8 Å². The average molecular weight is 388 g/mol. The lowest BCUT2D eigenvalue weighted by Crippen LogP contribution is -2.54. The molecule has 0 aromatic heterocycles. The van der Waals surface area contributed by atoms with Gasteiger partial charge in [0.25, 0.3) is 0 Å². The first-order valence-corrected chi connectivity index (χ1v) is 8.66. The fourth-order valence-electron chi connectivity index (χ4n) is 2.95. The standard InChI is InChI=1S/C20H21FN2O5/c1-26-17-8-7-15(9-18(17)27-2)22-20(25)16-11-28-12-19(24)23(16)10-13-3-5-14(21)6-4-13/h3-9,16H,10-12H2,1-2H3,(H,22,25)/t16-/m0/s1. The molecule has 0 bridgehead atoms. The van der Waals surface area contributed by atoms with E-state index in [1.165, 1.54) is 31.3 Å². The number of methoxy groups -OCH3 is 2. The molecule has 1 heterocycles. The Morgan fingerprint density at radius 3 is 2.57 bits per heavy atom. The summed E-state index contributed by atoms with van der Waals surface area (Å²) in [4.78, 5) is 26.6. The Hall–Kier alpha value is -3.13. The zero-order chi connectivity index (χ0) is 20.1. The minimum atomic E-state index is -0.806. The van der Waals surface area contributed by atoms with Gasteiger partial charge < -0.3 is 24.4 Å². The van der Waals surface area contributed by atoms with Crippen molar-refractivity contribution >= 4 is 17.5 Å². The highest BCUT2D eigenvalue weighted by atomic mass is 19.1. The van der Waals surface area contributed by atoms with Crippen LogP contribution in [0.4, 0.5) is 10.1 Å². The van der Waals surface area contributed by atoms with Gasteiger partial charge in [-0.15, -0.1) is 0 Å². The van der Waals surface area contributed by atoms with Crippen molar-refractivity contribution < 1.29 is 28.2 Å². The molecule has 2 aromatic rings. The van der Waals surface area contributed by atoms with Crippen molar-refractivity contribution in [2.45, 2.75) is 12.6 Å². The molecule has 1 N–H and O–H groups in total. The minimum absolute atomic E-state index is 0.0755. The molecule has 28 heavy (non-hydrogen) atoms. The first-order valence-electron chi connectivity index (χ1n) is 8.66. The van der Waals surface area contributed by atoms with Crippen LogP contribution >= 0.6 is 0 Å². The fourth-order valence-corrected chi connectivity index (χ4v) is 2.95. The summed E-state index contributed by atoms with van der Waals surface area (Å²) in [6.07, 6.45) is 0. The SMILES string of the molecule is COc1ccc(NC(=O)[C@@H]2COCC(=O)N2Cc2ccc(F)cc2)cc1OC. The van der Waals surface area contributed by atoms with Crippen LogP contribution in [0.1, 0.15) is 5.56 Å². The Kier molecular flexibility index (Phi) is 6.10. The molecule has 1 aliphatic heterocycles. The van der Waals surface area contributed by atoms with Gasteiger partial charge in [0.1, 0.15) is 18.5 Å². The van der Waals surface area contributed by atoms with Crippen LogP contribution in [0.5, 0.6) is 11.5 Å². The molecule has 1 saturated heterocycles. The lowest BCUT2D eigenvalue weighted by molar-refractivity contribution is -0.154. The van der Waals surface area contributed by atoms with Gasteiger partial charge in [0.05, 0.1) is 20.8 Å². The predicted octanol–water partition coefficient (Wildman–Crippen LogP) is 2.21. The van der Waals surface area contributed by atoms with E-state index < -0.39 is 6.04 Å². The molecule has 0 radical (unpaired) electrons. The monoisotopic (exact) mass is 388 g/mol. The fraction of sp³-hybridized carbons (Fsp3) is 0.300. The first kappa shape index (κ1) is 19.6. The van der Waals surface area contributed by atoms with Crippen molar-refractivity contribution in [2.75, 3.05) is 32.8 Å². The highest BCUT2D eigenvalue weighted by Crippen LogP contribution is 2.30. The molecule has 0 saturated carbocycles. The van der Waals surface area contributed by atoms with E-state index in [9.17, 15) is 14.0 Å². The number of halogens is 1. The predicted molar refractivity (Wildman–Crippen MR) is 99.7 cm³/mol. The van der Waals surface area contributed by atoms with Crippen LogP contribution in [-0.4, -0.2) is 50.2 Å². The molecule has 2 amide bonds. The van der Waals surface area contributed by atoms with Crippen molar-refractivity contribution in [3.05, 3.63) is 53.8 Å². The zero-order valence-electron chi connectivity index (χ0n) is 15.6. The summed E-state index contributed by atoms with van der Waals surface area (Å²) in [5.74, 6) is -0.0423. The van der Waals surface area contributed by atoms with Crippen molar-refractivity contribution in [3.63, 3.8) is 0 Å². The molecular formula is C20H21FN2O5. The second-order valence-corrected chi connectivity index (χ2v) is 6.24. The largest absolute Gasteiger partial charge is 0.493 e. The molecule has 0 spiro atoms. The lowest BCUT2D eigenvalue weighted by atomic mass is 10.1. The molecule has 8 heteroatoms. The van der Waals surface area contributed by atoms with Crippen molar-refractivity contribution in [2.24, 2.45) is 0 Å². The third-order valence-electron chi connectivity index (χ3n) is 4.42. The van der Waals surface area contributed by atoms with Crippen LogP contribution in [-0.2, 0) is 20.9 Å². The van der Waals surface area contributed by atoms with Crippen molar-refractivity contribution in [1.82, 2.24) is 4.90 Å². The average Bonchev–Trinajstić information content (AvgIpc) is 2.70. The maximum atomic E-state index is 13.1. The van der Waals surface area contributed by atoms with Crippen LogP contribution in [0.25, 0.3) is 0 Å². The molecule has 148 valence electrons. The van der Waals surface area contributed by atoms with Gasteiger partial charge >= 0.3 is 0 Å². The lowest BCUT2D eigenvalue weighted by Gasteiger charge is -2.34. The Morgan fingerprint density at radius 2 is 1.89 bits per heavy atom. The van der Waals surface area contributed by atoms with E-state index in [0.29, 0.717) is 17.2 Å². The second kappa shape index (κ2) is 8.71. The number of ether oxygens (including phenoxy) is 3. The zero-order valence-corrected chi connectivity index (χ0v) is 15.6. The first-order chi connectivity index (χ1) is 13.5. The number of anilines is 1. The van der Waals surface area contributed by atoms with E-state index in [1.807, 2.05) is 0 Å². The quantitative estimate of drug-likeness (QED) is 0.821. The topological polar surface area (TPSA) is 77.1 Å². The van der Waals surface area contributed by atoms with Gasteiger partial charge in [-0.25, -0.2) is 4.39 Å². The number of nitrogens with zero attached hydrogens (tertiary/aromatic N) is 1. The molecule has 1 atom stereocenters. The highest BCUT2D eigenvalue weighted by molar-refractivity contribution is 5.98. The molecule has 1 aliphatic rings. The normalized spacial score (nSPS) is 16.6. The number of nitrogens with one attached hydrogen (secondary N) is 1. The van der Waals surface area contributed by atoms with Crippen molar-refractivity contribution in [3.8, 4) is 11.5 Å². The summed E-state index contributed by atoms with van der Waals surface area (Å²) in [5.41, 5.74) is 1.22. The number of carbonyl (C=O) groups is 2. The minimum Gasteiger partial charge on any atom is -0.493 e. The molecule has 0 aliphatic carbocycles. The third kappa shape index (κ3) is 4.40. The molecule has 2 aromatic carbocycles. The summed E-state index contributed by atoms with van der Waals surface area (Å²) >= 11 is 0. The number of rotatable bonds is 6. The van der Waals surface area contributed by atoms with E-state index in [4.69, 9.17) is 14.2 Å². The van der Waals surface area contributed by atoms with Crippen molar-refractivity contribution in [1.29, 1.82) is 0 Å². The van der Waals surface area contributed by atoms with E-state index in [2.05, 4.69) is 5.32 Å². The molecule has 1 fully saturated rings. The van der Waals surface area contributed by atoms with E-state index in [-0.39, 0.29) is 37.4 Å². The van der Waals surface area contributed by atoms with Gasteiger partial charge in [-0.1, -0.05) is 12.1 Å². The maximum Gasteiger partial charge on any atom is 0.249 e. The Balaban J connectivity index is 1.76. The molecule has 3 rings (SSSR count). The second-order valence-electron chi connectivity index (χ2n) is 6.24. The summed E-state index contributed by atoms with van der Waals surface area (Å²) < 4.78 is 28.8. The van der Waals surface area contributed by atoms with Crippen LogP contribution < -0.4 is 14.8 Å². The number of hydrogen-bond acceptors (Lipinski definition) is 5. The summed E-state index contributed by atoms with van der Waals surface area (Å²) in [6.45, 7) is 0.167. The molecule has 0 unspecified atom stereocenters. The Morgan fingerprint density at radius 1 is 1.18 bits per heavy atom. The summed E-state index contributed by atoms with van der Waals surface area (Å²) in [6, 6.07) is 9.98. The van der Waals surface area contributed by atoms with E-state index in [0.717, 1.165) is 5.56 Å². The smallest absolute Gasteiger partial charge is 0.249 e. The number of benzene rings is 2. The van der Waals surface area contributed by atoms with Gasteiger partial charge in [0.15, 0.2) is 11.5 Å². The van der Waals surface area contributed by atoms with Gasteiger partial charge in [0, 0.05) is 18.3 Å². The van der Waals surface area contributed by atoms with Gasteiger partial charge in [-0.2, -0.15) is 0 Å². The van der Waals surface area contributed by atoms with E-state index in [1.54, 1.807) is 30.3 Å². The number of amides is 2. The maximum absolute atomic E-state index is 13.1. The third-order valence-corrected chi connectivity index (χ3v) is 4.42. The number of carbonyl (C=O) groups excluding carboxylic acids is 2. The van der Waals surface area contributed by atoms with Crippen LogP contribution in [0, 0.1) is 5.82 Å². The van der Waals surface area contributed by atoms with E-state index >= 15 is 0 Å². The Labute approximate surface area is 162 Å². The molecular weight excluding hydrogens is 367 g/mol. The highest BCUT2D eigenvalue weighted by Gasteiger charge is 2.34. The van der Waals surface area contributed by atoms with Crippen LogP contribution in [0.2, 0.25) is 0 Å². The Bertz CT molecular complexity index is 856. The van der Waals surface area contributed by atoms with Crippen LogP contribution in [0.15, 0.2) is 42.5 Å². The number of morpholine rings is 1. The summed E-state index contributed by atoms with van der Waals surface area (Å²) in [7, 11) is 3.02. The molecule has 7 nitrogen and oxygen atoms in total. The van der Waals surface area contributed by atoms with Gasteiger partial charge in [-0.3, -0.25) is 9.59 Å².